The van der Waals surface area contributed by atoms with Crippen LogP contribution >= 0.6 is 0 Å². The van der Waals surface area contributed by atoms with Crippen molar-refractivity contribution in [1.82, 2.24) is 0 Å². The Labute approximate surface area is 170 Å². The maximum Gasteiger partial charge on any atom is 0.313 e. The van der Waals surface area contributed by atoms with Crippen molar-refractivity contribution in [3.63, 3.8) is 0 Å². The highest BCUT2D eigenvalue weighted by Crippen LogP contribution is 2.23. The minimum atomic E-state index is -0.402. The Bertz CT molecular complexity index is 924. The fraction of sp³-hybridized carbons (Fsp3) is 0.167. The number of esters is 1. The highest BCUT2D eigenvalue weighted by molar-refractivity contribution is 5.93. The number of hydrogen-bond acceptors (Lipinski definition) is 4. The molecule has 0 saturated heterocycles. The van der Waals surface area contributed by atoms with Gasteiger partial charge in [0.1, 0.15) is 11.5 Å². The Morgan fingerprint density at radius 1 is 0.828 bits per heavy atom. The molecule has 1 atom stereocenters. The van der Waals surface area contributed by atoms with E-state index in [4.69, 9.17) is 9.47 Å². The van der Waals surface area contributed by atoms with Gasteiger partial charge in [-0.1, -0.05) is 55.5 Å². The predicted molar refractivity (Wildman–Crippen MR) is 112 cm³/mol. The second-order valence-electron chi connectivity index (χ2n) is 6.47. The first-order valence-electron chi connectivity index (χ1n) is 9.50. The number of carbonyl (C=O) groups excluding carboxylic acids is 2. The number of rotatable bonds is 8. The van der Waals surface area contributed by atoms with Crippen molar-refractivity contribution in [3.8, 4) is 11.5 Å². The predicted octanol–water partition coefficient (Wildman–Crippen LogP) is 5.15. The monoisotopic (exact) mass is 389 g/mol. The van der Waals surface area contributed by atoms with Crippen LogP contribution in [0.25, 0.3) is 0 Å². The summed E-state index contributed by atoms with van der Waals surface area (Å²) in [5, 5.41) is 2.71. The lowest BCUT2D eigenvalue weighted by molar-refractivity contribution is -0.149. The van der Waals surface area contributed by atoms with E-state index >= 15 is 0 Å². The fourth-order valence-electron chi connectivity index (χ4n) is 2.89. The Hall–Kier alpha value is -3.60. The van der Waals surface area contributed by atoms with Crippen LogP contribution in [0.5, 0.6) is 11.5 Å². The van der Waals surface area contributed by atoms with Crippen molar-refractivity contribution >= 4 is 17.6 Å². The van der Waals surface area contributed by atoms with E-state index in [1.54, 1.807) is 24.3 Å². The maximum atomic E-state index is 12.3. The van der Waals surface area contributed by atoms with Crippen LogP contribution < -0.4 is 10.1 Å². The molecular formula is C24H23NO4. The quantitative estimate of drug-likeness (QED) is 0.541. The SMILES string of the molecule is CCC(C(=O)OCC(=O)Nc1ccc(Oc2ccccc2)cc1)c1ccccc1. The molecule has 148 valence electrons. The third-order valence-corrected chi connectivity index (χ3v) is 4.36. The summed E-state index contributed by atoms with van der Waals surface area (Å²) in [5.74, 6) is 0.228. The summed E-state index contributed by atoms with van der Waals surface area (Å²) in [5.41, 5.74) is 1.48. The summed E-state index contributed by atoms with van der Waals surface area (Å²) in [6.45, 7) is 1.59. The lowest BCUT2D eigenvalue weighted by Gasteiger charge is -2.14. The maximum absolute atomic E-state index is 12.3. The van der Waals surface area contributed by atoms with Crippen LogP contribution in [-0.2, 0) is 14.3 Å². The molecule has 1 unspecified atom stereocenters. The van der Waals surface area contributed by atoms with Crippen LogP contribution in [0.4, 0.5) is 5.69 Å². The van der Waals surface area contributed by atoms with Gasteiger partial charge in [-0.15, -0.1) is 0 Å². The number of carbonyl (C=O) groups is 2. The minimum absolute atomic E-state index is 0.329. The average Bonchev–Trinajstić information content (AvgIpc) is 2.76. The summed E-state index contributed by atoms with van der Waals surface area (Å²) in [6, 6.07) is 25.8. The molecule has 0 aromatic heterocycles. The van der Waals surface area contributed by atoms with Crippen molar-refractivity contribution in [1.29, 1.82) is 0 Å². The molecule has 0 radical (unpaired) electrons. The zero-order valence-corrected chi connectivity index (χ0v) is 16.2. The highest BCUT2D eigenvalue weighted by atomic mass is 16.5. The average molecular weight is 389 g/mol. The molecule has 5 heteroatoms. The van der Waals surface area contributed by atoms with Gasteiger partial charge in [-0.3, -0.25) is 9.59 Å². The van der Waals surface area contributed by atoms with E-state index < -0.39 is 11.9 Å². The Morgan fingerprint density at radius 2 is 1.41 bits per heavy atom. The molecule has 0 aliphatic rings. The summed E-state index contributed by atoms with van der Waals surface area (Å²) < 4.78 is 10.9. The summed E-state index contributed by atoms with van der Waals surface area (Å²) in [4.78, 5) is 24.5. The van der Waals surface area contributed by atoms with Crippen LogP contribution in [0.15, 0.2) is 84.9 Å². The van der Waals surface area contributed by atoms with E-state index in [0.29, 0.717) is 17.9 Å². The zero-order valence-electron chi connectivity index (χ0n) is 16.2. The van der Waals surface area contributed by atoms with Gasteiger partial charge >= 0.3 is 5.97 Å². The van der Waals surface area contributed by atoms with Crippen LogP contribution in [0.2, 0.25) is 0 Å². The van der Waals surface area contributed by atoms with Crippen molar-refractivity contribution in [2.24, 2.45) is 0 Å². The molecule has 0 saturated carbocycles. The van der Waals surface area contributed by atoms with Crippen LogP contribution in [0.3, 0.4) is 0 Å². The number of anilines is 1. The van der Waals surface area contributed by atoms with Gasteiger partial charge in [0.05, 0.1) is 5.92 Å². The zero-order chi connectivity index (χ0) is 20.5. The number of nitrogens with one attached hydrogen (secondary N) is 1. The summed E-state index contributed by atoms with van der Waals surface area (Å²) in [6.07, 6.45) is 0.605. The van der Waals surface area contributed by atoms with Gasteiger partial charge in [-0.05, 0) is 48.4 Å². The number of ether oxygens (including phenoxy) is 2. The van der Waals surface area contributed by atoms with Gasteiger partial charge in [0, 0.05) is 5.69 Å². The fourth-order valence-corrected chi connectivity index (χ4v) is 2.89. The molecule has 0 spiro atoms. The molecule has 1 N–H and O–H groups in total. The normalized spacial score (nSPS) is 11.3. The second-order valence-corrected chi connectivity index (χ2v) is 6.47. The summed E-state index contributed by atoms with van der Waals surface area (Å²) >= 11 is 0. The topological polar surface area (TPSA) is 64.6 Å². The molecular weight excluding hydrogens is 366 g/mol. The van der Waals surface area contributed by atoms with Crippen molar-refractivity contribution in [2.75, 3.05) is 11.9 Å². The Morgan fingerprint density at radius 3 is 2.03 bits per heavy atom. The first-order chi connectivity index (χ1) is 14.2. The largest absolute Gasteiger partial charge is 0.457 e. The van der Waals surface area contributed by atoms with Gasteiger partial charge in [-0.2, -0.15) is 0 Å². The minimum Gasteiger partial charge on any atom is -0.457 e. The Kier molecular flexibility index (Phi) is 7.00. The van der Waals surface area contributed by atoms with Gasteiger partial charge in [-0.25, -0.2) is 0 Å². The van der Waals surface area contributed by atoms with Crippen molar-refractivity contribution in [2.45, 2.75) is 19.3 Å². The van der Waals surface area contributed by atoms with E-state index in [1.165, 1.54) is 0 Å². The van der Waals surface area contributed by atoms with E-state index in [1.807, 2.05) is 67.6 Å². The smallest absolute Gasteiger partial charge is 0.313 e. The van der Waals surface area contributed by atoms with Crippen LogP contribution in [0, 0.1) is 0 Å². The summed E-state index contributed by atoms with van der Waals surface area (Å²) in [7, 11) is 0. The van der Waals surface area contributed by atoms with Gasteiger partial charge in [0.2, 0.25) is 0 Å². The number of hydrogen-bond donors (Lipinski definition) is 1. The lowest BCUT2D eigenvalue weighted by Crippen LogP contribution is -2.23. The van der Waals surface area contributed by atoms with E-state index in [9.17, 15) is 9.59 Å². The molecule has 3 aromatic carbocycles. The molecule has 0 fully saturated rings. The standard InChI is InChI=1S/C24H23NO4/c1-2-22(18-9-5-3-6-10-18)24(27)28-17-23(26)25-19-13-15-21(16-14-19)29-20-11-7-4-8-12-20/h3-16,22H,2,17H2,1H3,(H,25,26). The molecule has 0 aliphatic carbocycles. The number of benzene rings is 3. The van der Waals surface area contributed by atoms with E-state index in [0.717, 1.165) is 11.3 Å². The molecule has 3 aromatic rings. The van der Waals surface area contributed by atoms with E-state index in [-0.39, 0.29) is 12.5 Å². The molecule has 0 heterocycles. The first kappa shape index (κ1) is 20.1. The lowest BCUT2D eigenvalue weighted by atomic mass is 9.97. The molecule has 5 nitrogen and oxygen atoms in total. The second kappa shape index (κ2) is 10.1. The molecule has 0 bridgehead atoms. The molecule has 0 aliphatic heterocycles. The number of para-hydroxylation sites is 1. The molecule has 3 rings (SSSR count). The Balaban J connectivity index is 1.49. The van der Waals surface area contributed by atoms with Crippen LogP contribution in [-0.4, -0.2) is 18.5 Å². The van der Waals surface area contributed by atoms with Crippen molar-refractivity contribution < 1.29 is 19.1 Å². The first-order valence-corrected chi connectivity index (χ1v) is 9.50. The molecule has 29 heavy (non-hydrogen) atoms. The third-order valence-electron chi connectivity index (χ3n) is 4.36. The number of amides is 1. The van der Waals surface area contributed by atoms with E-state index in [2.05, 4.69) is 5.32 Å². The van der Waals surface area contributed by atoms with Gasteiger partial charge in [0.25, 0.3) is 5.91 Å². The highest BCUT2D eigenvalue weighted by Gasteiger charge is 2.20. The molecule has 1 amide bonds. The van der Waals surface area contributed by atoms with Gasteiger partial charge < -0.3 is 14.8 Å². The van der Waals surface area contributed by atoms with Crippen molar-refractivity contribution in [3.05, 3.63) is 90.5 Å². The van der Waals surface area contributed by atoms with Gasteiger partial charge in [0.15, 0.2) is 6.61 Å². The third kappa shape index (κ3) is 5.94. The van der Waals surface area contributed by atoms with Crippen LogP contribution in [0.1, 0.15) is 24.8 Å².